The van der Waals surface area contributed by atoms with E-state index in [2.05, 4.69) is 48.5 Å². The van der Waals surface area contributed by atoms with Crippen LogP contribution in [0.3, 0.4) is 0 Å². The number of benzene rings is 4. The second kappa shape index (κ2) is 17.0. The SMILES string of the molecule is OC[C@H]1OC1CC[C@H]1OC(COCc2ccccc2)[C@H](OCc2ccccc2)[C@H](OCc2ccccc2)C1OCc1ccccc1. The van der Waals surface area contributed by atoms with Gasteiger partial charge < -0.3 is 33.5 Å². The van der Waals surface area contributed by atoms with Crippen molar-refractivity contribution in [3.8, 4) is 0 Å². The monoisotopic (exact) mass is 624 g/mol. The van der Waals surface area contributed by atoms with Gasteiger partial charge in [0.05, 0.1) is 51.8 Å². The van der Waals surface area contributed by atoms with E-state index in [-0.39, 0.29) is 24.9 Å². The Labute approximate surface area is 272 Å². The summed E-state index contributed by atoms with van der Waals surface area (Å²) in [5.74, 6) is 0. The smallest absolute Gasteiger partial charge is 0.115 e. The molecule has 7 nitrogen and oxygen atoms in total. The zero-order chi connectivity index (χ0) is 31.4. The zero-order valence-electron chi connectivity index (χ0n) is 26.1. The summed E-state index contributed by atoms with van der Waals surface area (Å²) in [6, 6.07) is 40.6. The van der Waals surface area contributed by atoms with Crippen molar-refractivity contribution in [2.24, 2.45) is 0 Å². The largest absolute Gasteiger partial charge is 0.394 e. The Balaban J connectivity index is 1.27. The molecule has 2 heterocycles. The summed E-state index contributed by atoms with van der Waals surface area (Å²) in [6.45, 7) is 2.05. The zero-order valence-corrected chi connectivity index (χ0v) is 26.1. The van der Waals surface area contributed by atoms with Gasteiger partial charge in [-0.05, 0) is 35.1 Å². The van der Waals surface area contributed by atoms with Crippen LogP contribution in [-0.4, -0.2) is 61.0 Å². The highest BCUT2D eigenvalue weighted by Gasteiger charge is 2.49. The van der Waals surface area contributed by atoms with Crippen molar-refractivity contribution in [1.82, 2.24) is 0 Å². The van der Waals surface area contributed by atoms with E-state index in [1.165, 1.54) is 0 Å². The molecule has 0 saturated carbocycles. The fraction of sp³-hybridized carbons (Fsp3) is 0.385. The van der Waals surface area contributed by atoms with E-state index < -0.39 is 24.4 Å². The van der Waals surface area contributed by atoms with E-state index in [0.29, 0.717) is 39.5 Å². The second-order valence-electron chi connectivity index (χ2n) is 12.0. The minimum atomic E-state index is -0.459. The van der Waals surface area contributed by atoms with Gasteiger partial charge >= 0.3 is 0 Å². The number of epoxide rings is 1. The summed E-state index contributed by atoms with van der Waals surface area (Å²) in [5, 5.41) is 9.58. The average molecular weight is 625 g/mol. The number of hydrogen-bond acceptors (Lipinski definition) is 7. The van der Waals surface area contributed by atoms with Crippen LogP contribution in [0, 0.1) is 0 Å². The third-order valence-corrected chi connectivity index (χ3v) is 8.58. The predicted octanol–water partition coefficient (Wildman–Crippen LogP) is 6.27. The lowest BCUT2D eigenvalue weighted by Gasteiger charge is -2.46. The molecule has 0 aliphatic carbocycles. The van der Waals surface area contributed by atoms with Crippen LogP contribution in [0.2, 0.25) is 0 Å². The normalized spacial score (nSPS) is 25.7. The Morgan fingerprint density at radius 1 is 0.435 bits per heavy atom. The van der Waals surface area contributed by atoms with Crippen LogP contribution in [0.15, 0.2) is 121 Å². The maximum Gasteiger partial charge on any atom is 0.115 e. The summed E-state index contributed by atoms with van der Waals surface area (Å²) in [7, 11) is 0. The summed E-state index contributed by atoms with van der Waals surface area (Å²) in [4.78, 5) is 0. The van der Waals surface area contributed by atoms with Gasteiger partial charge in [0.15, 0.2) is 0 Å². The van der Waals surface area contributed by atoms with Gasteiger partial charge in [0.25, 0.3) is 0 Å². The van der Waals surface area contributed by atoms with Crippen molar-refractivity contribution in [2.75, 3.05) is 13.2 Å². The van der Waals surface area contributed by atoms with E-state index in [0.717, 1.165) is 28.7 Å². The third kappa shape index (κ3) is 9.33. The van der Waals surface area contributed by atoms with E-state index in [1.807, 2.05) is 72.8 Å². The van der Waals surface area contributed by atoms with Crippen molar-refractivity contribution in [3.63, 3.8) is 0 Å². The Hall–Kier alpha value is -3.40. The first-order valence-corrected chi connectivity index (χ1v) is 16.3. The third-order valence-electron chi connectivity index (χ3n) is 8.58. The number of ether oxygens (including phenoxy) is 6. The fourth-order valence-electron chi connectivity index (χ4n) is 6.04. The van der Waals surface area contributed by atoms with Crippen LogP contribution in [0.5, 0.6) is 0 Å². The van der Waals surface area contributed by atoms with Crippen molar-refractivity contribution < 1.29 is 33.5 Å². The maximum absolute atomic E-state index is 9.58. The molecule has 7 atom stereocenters. The van der Waals surface area contributed by atoms with Crippen LogP contribution >= 0.6 is 0 Å². The molecule has 0 bridgehead atoms. The highest BCUT2D eigenvalue weighted by atomic mass is 16.6. The number of hydrogen-bond donors (Lipinski definition) is 1. The van der Waals surface area contributed by atoms with Gasteiger partial charge in [0, 0.05) is 0 Å². The van der Waals surface area contributed by atoms with Gasteiger partial charge in [-0.2, -0.15) is 0 Å². The molecular weight excluding hydrogens is 580 g/mol. The highest BCUT2D eigenvalue weighted by molar-refractivity contribution is 5.16. The summed E-state index contributed by atoms with van der Waals surface area (Å²) in [6.07, 6.45) is -0.660. The van der Waals surface area contributed by atoms with Crippen LogP contribution in [-0.2, 0) is 54.8 Å². The van der Waals surface area contributed by atoms with Crippen molar-refractivity contribution in [3.05, 3.63) is 144 Å². The first-order valence-electron chi connectivity index (χ1n) is 16.3. The molecule has 4 aromatic rings. The number of aliphatic hydroxyl groups is 1. The van der Waals surface area contributed by atoms with Crippen molar-refractivity contribution in [2.45, 2.75) is 82.0 Å². The van der Waals surface area contributed by atoms with E-state index in [1.54, 1.807) is 0 Å². The number of rotatable bonds is 17. The molecule has 0 aromatic heterocycles. The van der Waals surface area contributed by atoms with Crippen LogP contribution in [0.25, 0.3) is 0 Å². The molecule has 2 aliphatic heterocycles. The average Bonchev–Trinajstić information content (AvgIpc) is 3.89. The molecule has 2 saturated heterocycles. The molecular formula is C39H44O7. The van der Waals surface area contributed by atoms with Crippen molar-refractivity contribution in [1.29, 1.82) is 0 Å². The molecule has 7 heteroatoms. The van der Waals surface area contributed by atoms with Gasteiger partial charge in [-0.15, -0.1) is 0 Å². The predicted molar refractivity (Wildman–Crippen MR) is 175 cm³/mol. The molecule has 1 N–H and O–H groups in total. The summed E-state index contributed by atoms with van der Waals surface area (Å²) < 4.78 is 39.1. The molecule has 0 spiro atoms. The van der Waals surface area contributed by atoms with E-state index >= 15 is 0 Å². The Morgan fingerprint density at radius 2 is 0.826 bits per heavy atom. The molecule has 242 valence electrons. The first-order chi connectivity index (χ1) is 22.8. The molecule has 3 unspecified atom stereocenters. The van der Waals surface area contributed by atoms with Crippen LogP contribution in [0.1, 0.15) is 35.1 Å². The topological polar surface area (TPSA) is 78.9 Å². The molecule has 4 aromatic carbocycles. The Kier molecular flexibility index (Phi) is 12.0. The molecule has 0 radical (unpaired) electrons. The summed E-state index contributed by atoms with van der Waals surface area (Å²) >= 11 is 0. The molecule has 6 rings (SSSR count). The summed E-state index contributed by atoms with van der Waals surface area (Å²) in [5.41, 5.74) is 4.31. The Morgan fingerprint density at radius 3 is 1.28 bits per heavy atom. The fourth-order valence-corrected chi connectivity index (χ4v) is 6.04. The second-order valence-corrected chi connectivity index (χ2v) is 12.0. The quantitative estimate of drug-likeness (QED) is 0.139. The van der Waals surface area contributed by atoms with E-state index in [4.69, 9.17) is 28.4 Å². The minimum Gasteiger partial charge on any atom is -0.394 e. The van der Waals surface area contributed by atoms with Gasteiger partial charge in [0.1, 0.15) is 30.5 Å². The number of aliphatic hydroxyl groups excluding tert-OH is 1. The van der Waals surface area contributed by atoms with Gasteiger partial charge in [-0.25, -0.2) is 0 Å². The molecule has 46 heavy (non-hydrogen) atoms. The van der Waals surface area contributed by atoms with Gasteiger partial charge in [-0.1, -0.05) is 121 Å². The first kappa shape index (κ1) is 32.5. The lowest BCUT2D eigenvalue weighted by atomic mass is 9.91. The van der Waals surface area contributed by atoms with Crippen LogP contribution in [0.4, 0.5) is 0 Å². The highest BCUT2D eigenvalue weighted by Crippen LogP contribution is 2.35. The van der Waals surface area contributed by atoms with Crippen LogP contribution < -0.4 is 0 Å². The van der Waals surface area contributed by atoms with Gasteiger partial charge in [-0.3, -0.25) is 0 Å². The van der Waals surface area contributed by atoms with E-state index in [9.17, 15) is 5.11 Å². The molecule has 2 aliphatic rings. The standard InChI is InChI=1S/C39H44O7/c40-23-35-33(45-35)21-22-34-37(42-25-30-15-7-2-8-16-30)39(44-27-32-19-11-4-12-20-32)38(43-26-31-17-9-3-10-18-31)36(46-34)28-41-24-29-13-5-1-6-14-29/h1-20,33-40H,21-28H2/t33?,34-,35-,36?,37?,38+,39-/m1/s1. The lowest BCUT2D eigenvalue weighted by Crippen LogP contribution is -2.61. The molecule has 0 amide bonds. The lowest BCUT2D eigenvalue weighted by molar-refractivity contribution is -0.273. The minimum absolute atomic E-state index is 0.0203. The van der Waals surface area contributed by atoms with Crippen molar-refractivity contribution >= 4 is 0 Å². The molecule has 2 fully saturated rings. The Bertz CT molecular complexity index is 1410. The van der Waals surface area contributed by atoms with Gasteiger partial charge in [0.2, 0.25) is 0 Å². The maximum atomic E-state index is 9.58.